The van der Waals surface area contributed by atoms with Crippen molar-refractivity contribution in [1.82, 2.24) is 0 Å². The van der Waals surface area contributed by atoms with Crippen molar-refractivity contribution in [3.05, 3.63) is 109 Å². The van der Waals surface area contributed by atoms with Crippen molar-refractivity contribution in [3.63, 3.8) is 0 Å². The number of hydrogen-bond donors (Lipinski definition) is 0. The third-order valence-corrected chi connectivity index (χ3v) is 13.8. The molecule has 0 aliphatic rings. The van der Waals surface area contributed by atoms with Gasteiger partial charge in [-0.15, -0.1) is 0 Å². The van der Waals surface area contributed by atoms with Gasteiger partial charge in [0.25, 0.3) is 0 Å². The lowest BCUT2D eigenvalue weighted by Gasteiger charge is -2.18. The van der Waals surface area contributed by atoms with Gasteiger partial charge in [0.05, 0.1) is 0 Å². The normalized spacial score (nSPS) is 12.8. The van der Waals surface area contributed by atoms with E-state index in [1.807, 2.05) is 0 Å². The molecule has 0 heterocycles. The summed E-state index contributed by atoms with van der Waals surface area (Å²) in [6.45, 7) is 6.49. The molecule has 0 aliphatic heterocycles. The summed E-state index contributed by atoms with van der Waals surface area (Å²) in [7, 11) is 0. The summed E-state index contributed by atoms with van der Waals surface area (Å²) in [5.74, 6) is -0.900. The van der Waals surface area contributed by atoms with Crippen LogP contribution in [0.1, 0.15) is 303 Å². The molecule has 0 spiro atoms. The molecular formula is C71H120O6. The second kappa shape index (κ2) is 64.6. The molecule has 0 fully saturated rings. The van der Waals surface area contributed by atoms with Crippen molar-refractivity contribution < 1.29 is 28.6 Å². The first-order chi connectivity index (χ1) is 38.0. The maximum Gasteiger partial charge on any atom is 0.306 e. The molecular weight excluding hydrogens is 949 g/mol. The van der Waals surface area contributed by atoms with Crippen molar-refractivity contribution >= 4 is 17.9 Å². The number of esters is 3. The number of rotatable bonds is 58. The van der Waals surface area contributed by atoms with Crippen molar-refractivity contribution in [2.75, 3.05) is 13.2 Å². The lowest BCUT2D eigenvalue weighted by molar-refractivity contribution is -0.167. The average Bonchev–Trinajstić information content (AvgIpc) is 3.43. The zero-order chi connectivity index (χ0) is 55.7. The van der Waals surface area contributed by atoms with Gasteiger partial charge in [-0.1, -0.05) is 291 Å². The highest BCUT2D eigenvalue weighted by molar-refractivity contribution is 5.71. The number of carbonyl (C=O) groups is 3. The van der Waals surface area contributed by atoms with Crippen LogP contribution in [0, 0.1) is 0 Å². The first-order valence-corrected chi connectivity index (χ1v) is 32.4. The Bertz CT molecular complexity index is 1560. The molecule has 77 heavy (non-hydrogen) atoms. The second-order valence-electron chi connectivity index (χ2n) is 21.3. The molecule has 0 saturated heterocycles. The zero-order valence-electron chi connectivity index (χ0n) is 50.4. The van der Waals surface area contributed by atoms with Gasteiger partial charge < -0.3 is 14.2 Å². The number of allylic oxidation sites excluding steroid dienone is 18. The van der Waals surface area contributed by atoms with Crippen LogP contribution in [0.3, 0.4) is 0 Å². The molecule has 0 amide bonds. The smallest absolute Gasteiger partial charge is 0.306 e. The predicted octanol–water partition coefficient (Wildman–Crippen LogP) is 22.2. The molecule has 0 aromatic carbocycles. The number of unbranched alkanes of at least 4 members (excludes halogenated alkanes) is 29. The Morgan fingerprint density at radius 3 is 0.844 bits per heavy atom. The molecule has 1 unspecified atom stereocenters. The van der Waals surface area contributed by atoms with Crippen LogP contribution in [0.15, 0.2) is 109 Å². The first-order valence-electron chi connectivity index (χ1n) is 32.4. The van der Waals surface area contributed by atoms with Gasteiger partial charge in [-0.05, 0) is 103 Å². The Kier molecular flexibility index (Phi) is 61.3. The van der Waals surface area contributed by atoms with Crippen LogP contribution < -0.4 is 0 Å². The van der Waals surface area contributed by atoms with E-state index in [9.17, 15) is 14.4 Å². The van der Waals surface area contributed by atoms with Gasteiger partial charge in [-0.3, -0.25) is 14.4 Å². The number of ether oxygens (including phenoxy) is 3. The Morgan fingerprint density at radius 1 is 0.273 bits per heavy atom. The van der Waals surface area contributed by atoms with Crippen molar-refractivity contribution in [2.24, 2.45) is 0 Å². The van der Waals surface area contributed by atoms with Gasteiger partial charge in [-0.25, -0.2) is 0 Å². The summed E-state index contributed by atoms with van der Waals surface area (Å²) in [6.07, 6.45) is 88.1. The molecule has 0 aliphatic carbocycles. The van der Waals surface area contributed by atoms with Crippen molar-refractivity contribution in [2.45, 2.75) is 309 Å². The molecule has 0 radical (unpaired) electrons. The van der Waals surface area contributed by atoms with Crippen LogP contribution in [-0.2, 0) is 28.6 Å². The summed E-state index contributed by atoms with van der Waals surface area (Å²) in [5, 5.41) is 0. The first kappa shape index (κ1) is 73.1. The summed E-state index contributed by atoms with van der Waals surface area (Å²) < 4.78 is 16.9. The van der Waals surface area contributed by atoms with Crippen LogP contribution >= 0.6 is 0 Å². The Hall–Kier alpha value is -3.93. The van der Waals surface area contributed by atoms with Crippen LogP contribution in [0.5, 0.6) is 0 Å². The van der Waals surface area contributed by atoms with Gasteiger partial charge in [0.15, 0.2) is 6.10 Å². The molecule has 0 saturated carbocycles. The van der Waals surface area contributed by atoms with Crippen LogP contribution in [0.25, 0.3) is 0 Å². The van der Waals surface area contributed by atoms with E-state index >= 15 is 0 Å². The van der Waals surface area contributed by atoms with E-state index in [0.29, 0.717) is 19.3 Å². The van der Waals surface area contributed by atoms with Gasteiger partial charge in [0, 0.05) is 19.3 Å². The highest BCUT2D eigenvalue weighted by Gasteiger charge is 2.19. The van der Waals surface area contributed by atoms with Gasteiger partial charge in [0.2, 0.25) is 0 Å². The highest BCUT2D eigenvalue weighted by Crippen LogP contribution is 2.16. The molecule has 0 N–H and O–H groups in total. The fourth-order valence-electron chi connectivity index (χ4n) is 8.91. The lowest BCUT2D eigenvalue weighted by atomic mass is 10.0. The Labute approximate surface area is 476 Å². The minimum absolute atomic E-state index is 0.0851. The van der Waals surface area contributed by atoms with E-state index in [1.54, 1.807) is 0 Å². The van der Waals surface area contributed by atoms with Crippen LogP contribution in [0.4, 0.5) is 0 Å². The minimum atomic E-state index is -0.787. The van der Waals surface area contributed by atoms with Gasteiger partial charge in [-0.2, -0.15) is 0 Å². The van der Waals surface area contributed by atoms with Crippen molar-refractivity contribution in [1.29, 1.82) is 0 Å². The zero-order valence-corrected chi connectivity index (χ0v) is 50.4. The maximum absolute atomic E-state index is 12.9. The van der Waals surface area contributed by atoms with E-state index in [1.165, 1.54) is 135 Å². The van der Waals surface area contributed by atoms with E-state index < -0.39 is 6.10 Å². The molecule has 6 nitrogen and oxygen atoms in total. The van der Waals surface area contributed by atoms with E-state index in [0.717, 1.165) is 128 Å². The third-order valence-electron chi connectivity index (χ3n) is 13.8. The fourth-order valence-corrected chi connectivity index (χ4v) is 8.91. The summed E-state index contributed by atoms with van der Waals surface area (Å²) in [5.41, 5.74) is 0. The largest absolute Gasteiger partial charge is 0.462 e. The van der Waals surface area contributed by atoms with Gasteiger partial charge in [0.1, 0.15) is 13.2 Å². The molecule has 440 valence electrons. The SMILES string of the molecule is CC/C=C\C/C=C\C/C=C\C/C=C\C/C=C\C/C=C\C/C=C\C/C=C\CCCCCCCCC(=O)OCC(COC(=O)CCCCCCC/C=C\CCCC)OC(=O)CCCCCCCCCCCCCCCCCCC. The minimum Gasteiger partial charge on any atom is -0.462 e. The molecule has 0 rings (SSSR count). The van der Waals surface area contributed by atoms with Crippen LogP contribution in [-0.4, -0.2) is 37.2 Å². The quantitative estimate of drug-likeness (QED) is 0.0261. The average molecular weight is 1070 g/mol. The Balaban J connectivity index is 4.28. The fraction of sp³-hybridized carbons (Fsp3) is 0.704. The topological polar surface area (TPSA) is 78.9 Å². The molecule has 0 bridgehead atoms. The number of carbonyl (C=O) groups excluding carboxylic acids is 3. The Morgan fingerprint density at radius 2 is 0.519 bits per heavy atom. The molecule has 0 aromatic rings. The monoisotopic (exact) mass is 1070 g/mol. The summed E-state index contributed by atoms with van der Waals surface area (Å²) in [4.78, 5) is 38.2. The van der Waals surface area contributed by atoms with E-state index in [4.69, 9.17) is 14.2 Å². The van der Waals surface area contributed by atoms with E-state index in [-0.39, 0.29) is 31.1 Å². The molecule has 1 atom stereocenters. The van der Waals surface area contributed by atoms with Gasteiger partial charge >= 0.3 is 17.9 Å². The number of hydrogen-bond acceptors (Lipinski definition) is 6. The van der Waals surface area contributed by atoms with E-state index in [2.05, 4.69) is 130 Å². The lowest BCUT2D eigenvalue weighted by Crippen LogP contribution is -2.30. The highest BCUT2D eigenvalue weighted by atomic mass is 16.6. The third kappa shape index (κ3) is 62.8. The van der Waals surface area contributed by atoms with Crippen LogP contribution in [0.2, 0.25) is 0 Å². The maximum atomic E-state index is 12.9. The molecule has 0 aromatic heterocycles. The summed E-state index contributed by atoms with van der Waals surface area (Å²) >= 11 is 0. The predicted molar refractivity (Wildman–Crippen MR) is 334 cm³/mol. The second-order valence-corrected chi connectivity index (χ2v) is 21.3. The van der Waals surface area contributed by atoms with Crippen molar-refractivity contribution in [3.8, 4) is 0 Å². The molecule has 6 heteroatoms. The standard InChI is InChI=1S/C71H120O6/c1-4-7-10-13-16-19-22-24-26-28-29-30-31-32-33-34-35-36-37-38-39-40-41-43-44-46-49-52-55-58-61-64-70(73)76-67-68(66-75-69(72)63-60-57-54-51-48-21-18-15-12-9-6-3)77-71(74)65-62-59-56-53-50-47-45-42-27-25-23-20-17-14-11-8-5-2/h7,10,15-16,18-19,24,26,29-30,32-33,35-36,38-39,41,43,68H,4-6,8-9,11-14,17,20-23,25,27-28,31,34,37,40,42,44-67H2,1-3H3/b10-7-,18-15-,19-16-,26-24-,30-29-,33-32-,36-35-,39-38-,43-41-. The summed E-state index contributed by atoms with van der Waals surface area (Å²) in [6, 6.07) is 0.